The van der Waals surface area contributed by atoms with Gasteiger partial charge in [-0.2, -0.15) is 0 Å². The lowest BCUT2D eigenvalue weighted by atomic mass is 10.1. The highest BCUT2D eigenvalue weighted by Crippen LogP contribution is 2.29. The second-order valence-corrected chi connectivity index (χ2v) is 7.83. The van der Waals surface area contributed by atoms with Gasteiger partial charge in [-0.3, -0.25) is 0 Å². The molecule has 1 saturated heterocycles. The van der Waals surface area contributed by atoms with Gasteiger partial charge in [0, 0.05) is 54.3 Å². The number of oxazole rings is 1. The van der Waals surface area contributed by atoms with Crippen LogP contribution in [-0.4, -0.2) is 44.0 Å². The molecule has 0 aliphatic carbocycles. The van der Waals surface area contributed by atoms with Gasteiger partial charge in [0.2, 0.25) is 5.88 Å². The van der Waals surface area contributed by atoms with E-state index in [4.69, 9.17) is 9.15 Å². The molecule has 0 radical (unpaired) electrons. The molecule has 8 nitrogen and oxygen atoms in total. The van der Waals surface area contributed by atoms with E-state index in [9.17, 15) is 0 Å². The van der Waals surface area contributed by atoms with Crippen molar-refractivity contribution >= 4 is 22.4 Å². The van der Waals surface area contributed by atoms with E-state index in [1.807, 2.05) is 30.3 Å². The van der Waals surface area contributed by atoms with Crippen LogP contribution in [0.3, 0.4) is 0 Å². The molecule has 4 aromatic rings. The lowest BCUT2D eigenvalue weighted by Crippen LogP contribution is -2.37. The van der Waals surface area contributed by atoms with E-state index in [0.717, 1.165) is 53.8 Å². The molecule has 0 amide bonds. The summed E-state index contributed by atoms with van der Waals surface area (Å²) in [6.07, 6.45) is 10.0. The van der Waals surface area contributed by atoms with Crippen molar-refractivity contribution in [2.24, 2.45) is 0 Å². The first-order chi connectivity index (χ1) is 16.2. The summed E-state index contributed by atoms with van der Waals surface area (Å²) in [5.74, 6) is 1.95. The molecule has 1 aromatic carbocycles. The van der Waals surface area contributed by atoms with Gasteiger partial charge in [-0.1, -0.05) is 25.3 Å². The maximum absolute atomic E-state index is 6.20. The molecule has 1 fully saturated rings. The largest absolute Gasteiger partial charge is 0.474 e. The van der Waals surface area contributed by atoms with Gasteiger partial charge in [-0.25, -0.2) is 19.9 Å². The minimum Gasteiger partial charge on any atom is -0.474 e. The first-order valence-corrected chi connectivity index (χ1v) is 10.8. The summed E-state index contributed by atoms with van der Waals surface area (Å²) in [4.78, 5) is 19.5. The van der Waals surface area contributed by atoms with Gasteiger partial charge in [-0.05, 0) is 18.2 Å². The van der Waals surface area contributed by atoms with Crippen LogP contribution in [0.4, 0.5) is 11.5 Å². The number of allylic oxidation sites excluding steroid dienone is 1. The number of nitrogens with one attached hydrogen (secondary N) is 1. The fraction of sp³-hybridized carbons (Fsp3) is 0.200. The summed E-state index contributed by atoms with van der Waals surface area (Å²) in [6.45, 7) is 9.61. The third-order valence-corrected chi connectivity index (χ3v) is 5.71. The number of piperidine rings is 1. The topological polar surface area (TPSA) is 89.2 Å². The molecule has 33 heavy (non-hydrogen) atoms. The maximum atomic E-state index is 6.20. The fourth-order valence-electron chi connectivity index (χ4n) is 3.91. The lowest BCUT2D eigenvalue weighted by Gasteiger charge is -2.33. The second-order valence-electron chi connectivity index (χ2n) is 7.83. The highest BCUT2D eigenvalue weighted by Gasteiger charge is 2.21. The molecule has 0 saturated carbocycles. The predicted octanol–water partition coefficient (Wildman–Crippen LogP) is 4.97. The Balaban J connectivity index is 1.34. The number of pyridine rings is 1. The third-order valence-electron chi connectivity index (χ3n) is 5.71. The van der Waals surface area contributed by atoms with Crippen molar-refractivity contribution < 1.29 is 9.15 Å². The number of ether oxygens (including phenoxy) is 1. The molecule has 8 heteroatoms. The molecule has 166 valence electrons. The number of hydrogen-bond donors (Lipinski definition) is 1. The highest BCUT2D eigenvalue weighted by atomic mass is 16.5. The minimum absolute atomic E-state index is 0.100. The van der Waals surface area contributed by atoms with E-state index < -0.39 is 0 Å². The summed E-state index contributed by atoms with van der Waals surface area (Å²) in [5.41, 5.74) is 3.49. The van der Waals surface area contributed by atoms with Crippen LogP contribution in [0, 0.1) is 0 Å². The van der Waals surface area contributed by atoms with Crippen molar-refractivity contribution in [1.82, 2.24) is 24.8 Å². The first kappa shape index (κ1) is 20.7. The van der Waals surface area contributed by atoms with Crippen LogP contribution in [0.1, 0.15) is 12.8 Å². The van der Waals surface area contributed by atoms with E-state index in [1.165, 1.54) is 12.7 Å². The number of anilines is 2. The SMILES string of the molecule is C=CC(=C)N1CCC(Oc2cc3c(Nc4cccc(-c5cnco5)c4)ncnc3cn2)CC1. The molecule has 1 aliphatic heterocycles. The van der Waals surface area contributed by atoms with Crippen molar-refractivity contribution in [3.8, 4) is 17.2 Å². The second kappa shape index (κ2) is 9.12. The normalized spacial score (nSPS) is 14.2. The van der Waals surface area contributed by atoms with Gasteiger partial charge in [0.25, 0.3) is 0 Å². The summed E-state index contributed by atoms with van der Waals surface area (Å²) in [5, 5.41) is 4.22. The maximum Gasteiger partial charge on any atom is 0.214 e. The molecule has 5 rings (SSSR count). The molecule has 0 spiro atoms. The average Bonchev–Trinajstić information content (AvgIpc) is 3.40. The smallest absolute Gasteiger partial charge is 0.214 e. The van der Waals surface area contributed by atoms with Crippen LogP contribution in [0.25, 0.3) is 22.2 Å². The van der Waals surface area contributed by atoms with Crippen LogP contribution in [0.5, 0.6) is 5.88 Å². The van der Waals surface area contributed by atoms with Gasteiger partial charge in [0.1, 0.15) is 18.2 Å². The quantitative estimate of drug-likeness (QED) is 0.403. The Morgan fingerprint density at radius 3 is 2.82 bits per heavy atom. The van der Waals surface area contributed by atoms with Crippen molar-refractivity contribution in [1.29, 1.82) is 0 Å². The van der Waals surface area contributed by atoms with E-state index in [2.05, 4.69) is 43.3 Å². The Labute approximate surface area is 191 Å². The summed E-state index contributed by atoms with van der Waals surface area (Å²) < 4.78 is 11.6. The summed E-state index contributed by atoms with van der Waals surface area (Å²) >= 11 is 0. The monoisotopic (exact) mass is 440 g/mol. The number of fused-ring (bicyclic) bond motifs is 1. The molecule has 3 aromatic heterocycles. The Morgan fingerprint density at radius 2 is 2.03 bits per heavy atom. The molecule has 0 atom stereocenters. The standard InChI is InChI=1S/C25H24N6O2/c1-3-17(2)31-9-7-20(8-10-31)33-24-12-21-22(13-27-24)28-15-29-25(21)30-19-6-4-5-18(11-19)23-14-26-16-32-23/h3-6,11-16,20H,1-2,7-10H2,(H,28,29,30). The summed E-state index contributed by atoms with van der Waals surface area (Å²) in [6, 6.07) is 9.77. The van der Waals surface area contributed by atoms with E-state index in [1.54, 1.807) is 18.5 Å². The van der Waals surface area contributed by atoms with Gasteiger partial charge < -0.3 is 19.4 Å². The van der Waals surface area contributed by atoms with E-state index in [-0.39, 0.29) is 6.10 Å². The van der Waals surface area contributed by atoms with Crippen molar-refractivity contribution in [3.63, 3.8) is 0 Å². The number of aromatic nitrogens is 4. The first-order valence-electron chi connectivity index (χ1n) is 10.8. The number of nitrogens with zero attached hydrogens (tertiary/aromatic N) is 5. The van der Waals surface area contributed by atoms with Crippen molar-refractivity contribution in [3.05, 3.63) is 80.4 Å². The Bertz CT molecular complexity index is 1280. The molecule has 1 aliphatic rings. The summed E-state index contributed by atoms with van der Waals surface area (Å²) in [7, 11) is 0. The van der Waals surface area contributed by atoms with E-state index in [0.29, 0.717) is 17.5 Å². The van der Waals surface area contributed by atoms with Crippen LogP contribution in [0.2, 0.25) is 0 Å². The zero-order chi connectivity index (χ0) is 22.6. The number of rotatable bonds is 7. The van der Waals surface area contributed by atoms with Gasteiger partial charge in [-0.15, -0.1) is 0 Å². The van der Waals surface area contributed by atoms with Crippen molar-refractivity contribution in [2.45, 2.75) is 18.9 Å². The predicted molar refractivity (Wildman–Crippen MR) is 127 cm³/mol. The average molecular weight is 441 g/mol. The lowest BCUT2D eigenvalue weighted by molar-refractivity contribution is 0.115. The zero-order valence-corrected chi connectivity index (χ0v) is 18.1. The van der Waals surface area contributed by atoms with Gasteiger partial charge >= 0.3 is 0 Å². The molecule has 4 heterocycles. The number of hydrogen-bond acceptors (Lipinski definition) is 8. The van der Waals surface area contributed by atoms with Crippen molar-refractivity contribution in [2.75, 3.05) is 18.4 Å². The zero-order valence-electron chi connectivity index (χ0n) is 18.1. The van der Waals surface area contributed by atoms with Gasteiger partial charge in [0.15, 0.2) is 12.2 Å². The Kier molecular flexibility index (Phi) is 5.72. The molecular weight excluding hydrogens is 416 g/mol. The van der Waals surface area contributed by atoms with Crippen LogP contribution >= 0.6 is 0 Å². The molecular formula is C25H24N6O2. The van der Waals surface area contributed by atoms with E-state index >= 15 is 0 Å². The Hall–Kier alpha value is -4.20. The molecule has 0 bridgehead atoms. The highest BCUT2D eigenvalue weighted by molar-refractivity contribution is 5.91. The molecule has 0 unspecified atom stereocenters. The number of benzene rings is 1. The Morgan fingerprint density at radius 1 is 1.15 bits per heavy atom. The van der Waals surface area contributed by atoms with Gasteiger partial charge in [0.05, 0.1) is 17.9 Å². The van der Waals surface area contributed by atoms with Crippen LogP contribution < -0.4 is 10.1 Å². The van der Waals surface area contributed by atoms with Crippen LogP contribution in [0.15, 0.2) is 84.8 Å². The minimum atomic E-state index is 0.100. The van der Waals surface area contributed by atoms with Crippen LogP contribution in [-0.2, 0) is 0 Å². The number of likely N-dealkylation sites (tertiary alicyclic amines) is 1. The molecule has 1 N–H and O–H groups in total. The fourth-order valence-corrected chi connectivity index (χ4v) is 3.91. The third kappa shape index (κ3) is 4.55.